The topological polar surface area (TPSA) is 32.5 Å². The molecule has 1 aromatic carbocycles. The van der Waals surface area contributed by atoms with E-state index in [4.69, 9.17) is 5.73 Å². The molecule has 1 fully saturated rings. The molecule has 0 radical (unpaired) electrons. The molecule has 2 N–H and O–H groups in total. The molecule has 19 heavy (non-hydrogen) atoms. The third kappa shape index (κ3) is 3.50. The number of para-hydroxylation sites is 1. The summed E-state index contributed by atoms with van der Waals surface area (Å²) in [5.74, 6) is 0. The molecule has 2 rings (SSSR count). The summed E-state index contributed by atoms with van der Waals surface area (Å²) in [4.78, 5) is 4.86. The van der Waals surface area contributed by atoms with Crippen LogP contribution in [0.25, 0.3) is 0 Å². The maximum absolute atomic E-state index is 5.95. The molecular formula is C15H24BrN3. The van der Waals surface area contributed by atoms with E-state index in [1.807, 2.05) is 0 Å². The lowest BCUT2D eigenvalue weighted by Gasteiger charge is -2.31. The molecule has 0 aliphatic carbocycles. The van der Waals surface area contributed by atoms with Gasteiger partial charge in [-0.1, -0.05) is 26.0 Å². The summed E-state index contributed by atoms with van der Waals surface area (Å²) in [6, 6.07) is 8.85. The van der Waals surface area contributed by atoms with Gasteiger partial charge in [0.2, 0.25) is 0 Å². The van der Waals surface area contributed by atoms with Crippen LogP contribution < -0.4 is 10.6 Å². The molecule has 1 atom stereocenters. The molecule has 1 aromatic rings. The van der Waals surface area contributed by atoms with Crippen LogP contribution in [0.5, 0.6) is 0 Å². The molecule has 106 valence electrons. The van der Waals surface area contributed by atoms with Gasteiger partial charge in [-0.15, -0.1) is 0 Å². The van der Waals surface area contributed by atoms with E-state index in [0.29, 0.717) is 12.6 Å². The van der Waals surface area contributed by atoms with Crippen molar-refractivity contribution in [3.8, 4) is 0 Å². The minimum atomic E-state index is 0.258. The predicted molar refractivity (Wildman–Crippen MR) is 85.6 cm³/mol. The Bertz CT molecular complexity index is 433. The molecular weight excluding hydrogens is 302 g/mol. The molecule has 0 saturated carbocycles. The monoisotopic (exact) mass is 325 g/mol. The fraction of sp³-hybridized carbons (Fsp3) is 0.600. The van der Waals surface area contributed by atoms with E-state index >= 15 is 0 Å². The summed E-state index contributed by atoms with van der Waals surface area (Å²) in [6.07, 6.45) is 0. The Morgan fingerprint density at radius 1 is 1.32 bits per heavy atom. The molecule has 0 bridgehead atoms. The van der Waals surface area contributed by atoms with Gasteiger partial charge in [0, 0.05) is 36.7 Å². The molecule has 1 aliphatic rings. The summed E-state index contributed by atoms with van der Waals surface area (Å²) >= 11 is 3.67. The third-order valence-electron chi connectivity index (χ3n) is 3.82. The molecule has 1 heterocycles. The van der Waals surface area contributed by atoms with E-state index in [-0.39, 0.29) is 5.41 Å². The molecule has 0 amide bonds. The Balaban J connectivity index is 2.31. The zero-order valence-electron chi connectivity index (χ0n) is 12.1. The van der Waals surface area contributed by atoms with Gasteiger partial charge in [-0.05, 0) is 40.5 Å². The van der Waals surface area contributed by atoms with Gasteiger partial charge in [-0.3, -0.25) is 4.90 Å². The highest BCUT2D eigenvalue weighted by Gasteiger charge is 2.32. The van der Waals surface area contributed by atoms with E-state index in [1.165, 1.54) is 5.69 Å². The van der Waals surface area contributed by atoms with Crippen LogP contribution >= 0.6 is 15.9 Å². The third-order valence-corrected chi connectivity index (χ3v) is 4.49. The average Bonchev–Trinajstić information content (AvgIpc) is 2.45. The number of anilines is 1. The second-order valence-electron chi connectivity index (χ2n) is 6.30. The normalized spacial score (nSPS) is 24.3. The Morgan fingerprint density at radius 2 is 2.00 bits per heavy atom. The lowest BCUT2D eigenvalue weighted by molar-refractivity contribution is 0.197. The first kappa shape index (κ1) is 14.8. The largest absolute Gasteiger partial charge is 0.368 e. The quantitative estimate of drug-likeness (QED) is 0.907. The number of nitrogens with zero attached hydrogens (tertiary/aromatic N) is 2. The van der Waals surface area contributed by atoms with Crippen LogP contribution in [-0.4, -0.2) is 44.2 Å². The first-order valence-electron chi connectivity index (χ1n) is 6.83. The summed E-state index contributed by atoms with van der Waals surface area (Å²) < 4.78 is 1.16. The van der Waals surface area contributed by atoms with Crippen LogP contribution in [0.4, 0.5) is 5.69 Å². The number of benzene rings is 1. The van der Waals surface area contributed by atoms with Crippen molar-refractivity contribution in [1.82, 2.24) is 4.90 Å². The van der Waals surface area contributed by atoms with Crippen LogP contribution in [0.3, 0.4) is 0 Å². The van der Waals surface area contributed by atoms with Gasteiger partial charge < -0.3 is 10.6 Å². The SMILES string of the molecule is CN1CC(C)(C)CN(c2ccccc2Br)CC1CN. The summed E-state index contributed by atoms with van der Waals surface area (Å²) in [5.41, 5.74) is 7.48. The van der Waals surface area contributed by atoms with E-state index in [9.17, 15) is 0 Å². The van der Waals surface area contributed by atoms with Gasteiger partial charge in [0.1, 0.15) is 0 Å². The van der Waals surface area contributed by atoms with Gasteiger partial charge in [-0.25, -0.2) is 0 Å². The summed E-state index contributed by atoms with van der Waals surface area (Å²) in [7, 11) is 2.18. The molecule has 4 heteroatoms. The van der Waals surface area contributed by atoms with Gasteiger partial charge in [-0.2, -0.15) is 0 Å². The van der Waals surface area contributed by atoms with Gasteiger partial charge in [0.15, 0.2) is 0 Å². The summed E-state index contributed by atoms with van der Waals surface area (Å²) in [5, 5.41) is 0. The molecule has 1 unspecified atom stereocenters. The molecule has 1 saturated heterocycles. The first-order valence-corrected chi connectivity index (χ1v) is 7.62. The predicted octanol–water partition coefficient (Wildman–Crippen LogP) is 2.55. The highest BCUT2D eigenvalue weighted by molar-refractivity contribution is 9.10. The fourth-order valence-corrected chi connectivity index (χ4v) is 3.51. The number of hydrogen-bond acceptors (Lipinski definition) is 3. The number of likely N-dealkylation sites (N-methyl/N-ethyl adjacent to an activating group) is 1. The maximum atomic E-state index is 5.95. The van der Waals surface area contributed by atoms with Crippen molar-refractivity contribution in [1.29, 1.82) is 0 Å². The number of nitrogens with two attached hydrogens (primary N) is 1. The zero-order valence-corrected chi connectivity index (χ0v) is 13.7. The molecule has 1 aliphatic heterocycles. The van der Waals surface area contributed by atoms with Crippen molar-refractivity contribution in [3.05, 3.63) is 28.7 Å². The van der Waals surface area contributed by atoms with Crippen LogP contribution in [0, 0.1) is 5.41 Å². The Hall–Kier alpha value is -0.580. The van der Waals surface area contributed by atoms with Crippen LogP contribution in [0.2, 0.25) is 0 Å². The second kappa shape index (κ2) is 5.81. The standard InChI is InChI=1S/C15H24BrN3/c1-15(2)10-18(3)12(8-17)9-19(11-15)14-7-5-4-6-13(14)16/h4-7,12H,8-11,17H2,1-3H3. The minimum absolute atomic E-state index is 0.258. The highest BCUT2D eigenvalue weighted by Crippen LogP contribution is 2.31. The molecule has 3 nitrogen and oxygen atoms in total. The van der Waals surface area contributed by atoms with E-state index in [0.717, 1.165) is 24.1 Å². The van der Waals surface area contributed by atoms with Crippen molar-refractivity contribution >= 4 is 21.6 Å². The van der Waals surface area contributed by atoms with Crippen LogP contribution in [0.15, 0.2) is 28.7 Å². The lowest BCUT2D eigenvalue weighted by atomic mass is 9.92. The van der Waals surface area contributed by atoms with Crippen LogP contribution in [-0.2, 0) is 0 Å². The maximum Gasteiger partial charge on any atom is 0.0511 e. The van der Waals surface area contributed by atoms with Gasteiger partial charge >= 0.3 is 0 Å². The van der Waals surface area contributed by atoms with Crippen molar-refractivity contribution < 1.29 is 0 Å². The average molecular weight is 326 g/mol. The Morgan fingerprint density at radius 3 is 2.63 bits per heavy atom. The van der Waals surface area contributed by atoms with Crippen molar-refractivity contribution in [2.75, 3.05) is 38.1 Å². The van der Waals surface area contributed by atoms with Gasteiger partial charge in [0.25, 0.3) is 0 Å². The van der Waals surface area contributed by atoms with Crippen LogP contribution in [0.1, 0.15) is 13.8 Å². The fourth-order valence-electron chi connectivity index (χ4n) is 2.98. The van der Waals surface area contributed by atoms with E-state index in [1.54, 1.807) is 0 Å². The van der Waals surface area contributed by atoms with Crippen molar-refractivity contribution in [2.45, 2.75) is 19.9 Å². The van der Waals surface area contributed by atoms with E-state index in [2.05, 4.69) is 70.9 Å². The number of rotatable bonds is 2. The minimum Gasteiger partial charge on any atom is -0.368 e. The Kier molecular flexibility index (Phi) is 4.54. The van der Waals surface area contributed by atoms with Crippen molar-refractivity contribution in [2.24, 2.45) is 11.1 Å². The first-order chi connectivity index (χ1) is 8.93. The van der Waals surface area contributed by atoms with E-state index < -0.39 is 0 Å². The van der Waals surface area contributed by atoms with Crippen molar-refractivity contribution in [3.63, 3.8) is 0 Å². The number of halogens is 1. The second-order valence-corrected chi connectivity index (χ2v) is 7.16. The zero-order chi connectivity index (χ0) is 14.0. The smallest absolute Gasteiger partial charge is 0.0511 e. The molecule has 0 aromatic heterocycles. The highest BCUT2D eigenvalue weighted by atomic mass is 79.9. The van der Waals surface area contributed by atoms with Gasteiger partial charge in [0.05, 0.1) is 5.69 Å². The Labute approximate surface area is 124 Å². The summed E-state index contributed by atoms with van der Waals surface area (Å²) in [6.45, 7) is 8.47. The molecule has 0 spiro atoms. The number of hydrogen-bond donors (Lipinski definition) is 1. The lowest BCUT2D eigenvalue weighted by Crippen LogP contribution is -2.44.